The van der Waals surface area contributed by atoms with Crippen molar-refractivity contribution in [3.8, 4) is 0 Å². The Kier molecular flexibility index (Phi) is 4.46. The average molecular weight is 312 g/mol. The molecule has 1 heterocycles. The molecule has 2 aromatic rings. The Balaban J connectivity index is 2.39. The summed E-state index contributed by atoms with van der Waals surface area (Å²) in [7, 11) is 0. The van der Waals surface area contributed by atoms with Crippen LogP contribution in [0, 0.1) is 14.1 Å². The Morgan fingerprint density at radius 3 is 2.95 bits per heavy atom. The first-order valence-corrected chi connectivity index (χ1v) is 7.24. The predicted molar refractivity (Wildman–Crippen MR) is 79.0 cm³/mol. The molecule has 0 N–H and O–H groups in total. The van der Waals surface area contributed by atoms with Crippen LogP contribution >= 0.6 is 23.6 Å². The summed E-state index contributed by atoms with van der Waals surface area (Å²) in [5.74, 6) is 0. The van der Waals surface area contributed by atoms with Crippen molar-refractivity contribution >= 4 is 45.6 Å². The summed E-state index contributed by atoms with van der Waals surface area (Å²) in [5.41, 5.74) is 0.507. The van der Waals surface area contributed by atoms with Gasteiger partial charge in [-0.2, -0.15) is 0 Å². The van der Waals surface area contributed by atoms with Gasteiger partial charge < -0.3 is 4.74 Å². The highest BCUT2D eigenvalue weighted by Gasteiger charge is 2.16. The number of fused-ring (bicyclic) bond motifs is 1. The van der Waals surface area contributed by atoms with Gasteiger partial charge in [-0.05, 0) is 24.7 Å². The summed E-state index contributed by atoms with van der Waals surface area (Å²) in [6.07, 6.45) is 1.17. The van der Waals surface area contributed by atoms with Crippen LogP contribution in [0.4, 0.5) is 10.5 Å². The van der Waals surface area contributed by atoms with Gasteiger partial charge in [0.25, 0.3) is 5.69 Å². The van der Waals surface area contributed by atoms with E-state index in [2.05, 4.69) is 0 Å². The maximum atomic E-state index is 12.0. The molecule has 0 saturated carbocycles. The number of carbonyl (C=O) groups excluding carboxylic acids is 1. The van der Waals surface area contributed by atoms with Crippen LogP contribution < -0.4 is 0 Å². The third kappa shape index (κ3) is 2.86. The van der Waals surface area contributed by atoms with Crippen molar-refractivity contribution in [2.75, 3.05) is 6.61 Å². The minimum atomic E-state index is -0.538. The Hall–Kier alpha value is -1.80. The zero-order valence-corrected chi connectivity index (χ0v) is 12.3. The molecular weight excluding hydrogens is 300 g/mol. The summed E-state index contributed by atoms with van der Waals surface area (Å²) in [6.45, 7) is 2.33. The van der Waals surface area contributed by atoms with Crippen LogP contribution in [0.1, 0.15) is 19.8 Å². The highest BCUT2D eigenvalue weighted by atomic mass is 32.1. The molecule has 0 aliphatic heterocycles. The first kappa shape index (κ1) is 14.6. The van der Waals surface area contributed by atoms with E-state index in [0.29, 0.717) is 20.8 Å². The zero-order valence-electron chi connectivity index (χ0n) is 10.7. The van der Waals surface area contributed by atoms with Crippen molar-refractivity contribution in [2.24, 2.45) is 0 Å². The summed E-state index contributed by atoms with van der Waals surface area (Å²) in [4.78, 5) is 22.2. The van der Waals surface area contributed by atoms with Crippen LogP contribution in [0.15, 0.2) is 18.2 Å². The van der Waals surface area contributed by atoms with Crippen LogP contribution in [0.2, 0.25) is 0 Å². The number of benzene rings is 1. The van der Waals surface area contributed by atoms with Crippen LogP contribution in [0.3, 0.4) is 0 Å². The number of hydrogen-bond acceptors (Lipinski definition) is 6. The van der Waals surface area contributed by atoms with E-state index in [1.165, 1.54) is 22.8 Å². The molecule has 6 nitrogen and oxygen atoms in total. The van der Waals surface area contributed by atoms with E-state index in [1.807, 2.05) is 6.92 Å². The second-order valence-corrected chi connectivity index (χ2v) is 5.76. The fraction of sp³-hybridized carbons (Fsp3) is 0.333. The molecule has 106 valence electrons. The Labute approximate surface area is 123 Å². The third-order valence-electron chi connectivity index (χ3n) is 2.68. The van der Waals surface area contributed by atoms with E-state index in [-0.39, 0.29) is 5.69 Å². The Morgan fingerprint density at radius 2 is 2.30 bits per heavy atom. The number of nitro benzene ring substituents is 1. The standard InChI is InChI=1S/C12H12N2O4S2/c1-2-3-6-18-11(15)13-9-5-4-8(14(16)17)7-10(9)20-12(13)19/h4-5,7H,2-3,6H2,1H3. The fourth-order valence-corrected chi connectivity index (χ4v) is 3.00. The van der Waals surface area contributed by atoms with Crippen LogP contribution in [-0.2, 0) is 4.74 Å². The van der Waals surface area contributed by atoms with Crippen molar-refractivity contribution in [3.05, 3.63) is 32.3 Å². The predicted octanol–water partition coefficient (Wildman–Crippen LogP) is 4.13. The number of ether oxygens (including phenoxy) is 1. The lowest BCUT2D eigenvalue weighted by molar-refractivity contribution is -0.384. The number of hydrogen-bond donors (Lipinski definition) is 0. The molecule has 2 rings (SSSR count). The smallest absolute Gasteiger partial charge is 0.420 e. The van der Waals surface area contributed by atoms with E-state index in [4.69, 9.17) is 17.0 Å². The van der Waals surface area contributed by atoms with Crippen LogP contribution in [0.25, 0.3) is 10.2 Å². The normalized spacial score (nSPS) is 10.7. The first-order valence-electron chi connectivity index (χ1n) is 6.01. The van der Waals surface area contributed by atoms with Gasteiger partial charge >= 0.3 is 6.09 Å². The van der Waals surface area contributed by atoms with Crippen molar-refractivity contribution in [1.82, 2.24) is 4.57 Å². The minimum Gasteiger partial charge on any atom is -0.449 e. The number of rotatable bonds is 4. The first-order chi connectivity index (χ1) is 9.54. The van der Waals surface area contributed by atoms with E-state index < -0.39 is 11.0 Å². The summed E-state index contributed by atoms with van der Waals surface area (Å²) in [6, 6.07) is 4.27. The molecule has 0 radical (unpaired) electrons. The monoisotopic (exact) mass is 312 g/mol. The van der Waals surface area contributed by atoms with E-state index in [9.17, 15) is 14.9 Å². The molecule has 0 amide bonds. The lowest BCUT2D eigenvalue weighted by atomic mass is 10.3. The second-order valence-electron chi connectivity index (χ2n) is 4.08. The molecular formula is C12H12N2O4S2. The molecule has 0 aliphatic carbocycles. The number of aromatic nitrogens is 1. The second kappa shape index (κ2) is 6.10. The molecule has 0 fully saturated rings. The molecule has 0 bridgehead atoms. The quantitative estimate of drug-likeness (QED) is 0.367. The van der Waals surface area contributed by atoms with Gasteiger partial charge in [-0.25, -0.2) is 9.36 Å². The fourth-order valence-electron chi connectivity index (χ4n) is 1.66. The number of thiazole rings is 1. The SMILES string of the molecule is CCCCOC(=O)n1c(=S)sc2cc([N+](=O)[O-])ccc21. The summed E-state index contributed by atoms with van der Waals surface area (Å²) < 4.78 is 7.31. The van der Waals surface area contributed by atoms with Crippen LogP contribution in [0.5, 0.6) is 0 Å². The molecule has 0 saturated heterocycles. The molecule has 0 atom stereocenters. The molecule has 20 heavy (non-hydrogen) atoms. The van der Waals surface area contributed by atoms with Gasteiger partial charge in [0.15, 0.2) is 3.95 Å². The number of unbranched alkanes of at least 4 members (excludes halogenated alkanes) is 1. The highest BCUT2D eigenvalue weighted by Crippen LogP contribution is 2.27. The summed E-state index contributed by atoms with van der Waals surface area (Å²) in [5, 5.41) is 10.7. The van der Waals surface area contributed by atoms with Crippen molar-refractivity contribution in [1.29, 1.82) is 0 Å². The third-order valence-corrected chi connectivity index (χ3v) is 4.02. The van der Waals surface area contributed by atoms with Gasteiger partial charge in [-0.15, -0.1) is 11.3 Å². The molecule has 8 heteroatoms. The van der Waals surface area contributed by atoms with Crippen LogP contribution in [-0.4, -0.2) is 22.2 Å². The largest absolute Gasteiger partial charge is 0.449 e. The Morgan fingerprint density at radius 1 is 1.55 bits per heavy atom. The summed E-state index contributed by atoms with van der Waals surface area (Å²) >= 11 is 6.28. The van der Waals surface area contributed by atoms with Gasteiger partial charge in [0.05, 0.1) is 21.7 Å². The average Bonchev–Trinajstić information content (AvgIpc) is 2.73. The van der Waals surface area contributed by atoms with Gasteiger partial charge in [-0.3, -0.25) is 10.1 Å². The molecule has 1 aromatic carbocycles. The maximum absolute atomic E-state index is 12.0. The van der Waals surface area contributed by atoms with Gasteiger partial charge in [0.1, 0.15) is 0 Å². The number of nitro groups is 1. The van der Waals surface area contributed by atoms with E-state index in [1.54, 1.807) is 0 Å². The lowest BCUT2D eigenvalue weighted by Crippen LogP contribution is -2.14. The van der Waals surface area contributed by atoms with E-state index in [0.717, 1.165) is 24.2 Å². The maximum Gasteiger partial charge on any atom is 0.420 e. The van der Waals surface area contributed by atoms with Gasteiger partial charge in [0.2, 0.25) is 0 Å². The molecule has 0 aliphatic rings. The lowest BCUT2D eigenvalue weighted by Gasteiger charge is -2.05. The number of non-ortho nitro benzene ring substituents is 1. The van der Waals surface area contributed by atoms with Gasteiger partial charge in [0, 0.05) is 12.1 Å². The highest BCUT2D eigenvalue weighted by molar-refractivity contribution is 7.73. The topological polar surface area (TPSA) is 74.4 Å². The van der Waals surface area contributed by atoms with Gasteiger partial charge in [-0.1, -0.05) is 13.3 Å². The zero-order chi connectivity index (χ0) is 14.7. The minimum absolute atomic E-state index is 0.0275. The number of carbonyl (C=O) groups is 1. The Bertz CT molecular complexity index is 720. The number of nitrogens with zero attached hydrogens (tertiary/aromatic N) is 2. The van der Waals surface area contributed by atoms with Crippen molar-refractivity contribution in [2.45, 2.75) is 19.8 Å². The molecule has 1 aromatic heterocycles. The molecule has 0 unspecified atom stereocenters. The van der Waals surface area contributed by atoms with Crippen molar-refractivity contribution < 1.29 is 14.5 Å². The van der Waals surface area contributed by atoms with E-state index >= 15 is 0 Å². The van der Waals surface area contributed by atoms with Crippen molar-refractivity contribution in [3.63, 3.8) is 0 Å². The molecule has 0 spiro atoms.